The molecule has 480 valence electrons. The number of aliphatic hydroxyl groups excluding tert-OH is 2. The average molecular weight is 1220 g/mol. The van der Waals surface area contributed by atoms with Crippen molar-refractivity contribution in [2.75, 3.05) is 39.3 Å². The van der Waals surface area contributed by atoms with Crippen molar-refractivity contribution in [2.24, 2.45) is 34.6 Å². The predicted molar refractivity (Wildman–Crippen MR) is 317 cm³/mol. The molecule has 0 spiro atoms. The number of amides is 11. The second kappa shape index (κ2) is 39.9. The molecule has 30 heteroatoms. The van der Waals surface area contributed by atoms with Gasteiger partial charge in [-0.15, -0.1) is 0 Å². The van der Waals surface area contributed by atoms with E-state index in [1.165, 1.54) is 13.8 Å². The highest BCUT2D eigenvalue weighted by molar-refractivity contribution is 6.30. The van der Waals surface area contributed by atoms with E-state index in [0.717, 1.165) is 25.7 Å². The van der Waals surface area contributed by atoms with Crippen LogP contribution in [0.1, 0.15) is 124 Å². The number of unbranched alkanes of at least 4 members (excludes halogenated alkanes) is 4. The van der Waals surface area contributed by atoms with Gasteiger partial charge in [-0.05, 0) is 122 Å². The lowest BCUT2D eigenvalue weighted by Gasteiger charge is -2.29. The first-order chi connectivity index (χ1) is 40.3. The second-order valence-electron chi connectivity index (χ2n) is 21.6. The van der Waals surface area contributed by atoms with Gasteiger partial charge in [0.2, 0.25) is 65.0 Å². The Balaban J connectivity index is 2.68. The fourth-order valence-corrected chi connectivity index (χ4v) is 9.16. The van der Waals surface area contributed by atoms with Crippen molar-refractivity contribution in [3.63, 3.8) is 0 Å². The molecule has 1 heterocycles. The first kappa shape index (κ1) is 74.5. The predicted octanol–water partition coefficient (Wildman–Crippen LogP) is -4.84. The summed E-state index contributed by atoms with van der Waals surface area (Å²) in [7, 11) is 0. The molecule has 11 amide bonds. The molecule has 0 bridgehead atoms. The monoisotopic (exact) mass is 1220 g/mol. The number of aliphatic hydroxyl groups is 2. The lowest BCUT2D eigenvalue weighted by Crippen LogP contribution is -2.62. The van der Waals surface area contributed by atoms with Crippen molar-refractivity contribution in [1.29, 1.82) is 0 Å². The van der Waals surface area contributed by atoms with Crippen molar-refractivity contribution in [3.05, 3.63) is 34.9 Å². The number of hydrogen-bond donors (Lipinski definition) is 18. The Hall–Kier alpha value is -6.60. The third-order valence-corrected chi connectivity index (χ3v) is 14.0. The SMILES string of the molecule is CCCCCCCC(=O)N[C@@H](CCN)C(=O)N[C@H](C(=O)N[C@@H](CCN)C(=O)N[C@H]1CCNC(=O)[C@H]([C@@H](C)O)NC(=O)[C@H](CCN)NC(=O)[C@H](CCN)NC(=O)C(Cc2ccc(Cl)cc2)NC(=O)[C@@H](CC(C)C)NC(=O)[C@@H](CCN)NC1=O)[C@H](C)O. The summed E-state index contributed by atoms with van der Waals surface area (Å²) < 4.78 is 0. The quantitative estimate of drug-likeness (QED) is 0.0335. The zero-order valence-corrected chi connectivity index (χ0v) is 50.4. The molecule has 1 aliphatic heterocycles. The molecule has 1 unspecified atom stereocenters. The van der Waals surface area contributed by atoms with Crippen LogP contribution in [0, 0.1) is 5.92 Å². The smallest absolute Gasteiger partial charge is 0.245 e. The van der Waals surface area contributed by atoms with E-state index >= 15 is 0 Å². The molecule has 0 aromatic heterocycles. The summed E-state index contributed by atoms with van der Waals surface area (Å²) in [6, 6.07) is -8.57. The molecule has 29 nitrogen and oxygen atoms in total. The Morgan fingerprint density at radius 2 is 1.06 bits per heavy atom. The van der Waals surface area contributed by atoms with E-state index in [9.17, 15) is 63.0 Å². The molecule has 85 heavy (non-hydrogen) atoms. The minimum absolute atomic E-state index is 0.00271. The fourth-order valence-electron chi connectivity index (χ4n) is 9.03. The van der Waals surface area contributed by atoms with E-state index in [2.05, 4.69) is 65.4 Å². The number of rotatable bonds is 29. The summed E-state index contributed by atoms with van der Waals surface area (Å²) in [4.78, 5) is 154. The van der Waals surface area contributed by atoms with Gasteiger partial charge in [-0.25, -0.2) is 0 Å². The topological polar surface area (TPSA) is 491 Å². The number of carbonyl (C=O) groups excluding carboxylic acids is 11. The van der Waals surface area contributed by atoms with Crippen molar-refractivity contribution < 1.29 is 63.0 Å². The molecule has 1 aromatic rings. The standard InChI is InChI=1S/C55H95ClN16O13/c1-6-7-8-9-10-11-43(75)63-35(16-22-57)50(80)72-45(32(5)74)55(85)68-38(19-25-60)47(77)67-40-21-27-62-54(84)44(31(4)73)71-51(81)39(20-26-61)65-46(76)36(17-23-58)66-53(83)42(29-33-12-14-34(56)15-13-33)70-52(82)41(28-30(2)3)69-48(78)37(18-24-59)64-49(40)79/h12-15,30-32,35-42,44-45,73-74H,6-11,16-29,57-61H2,1-5H3,(H,62,84)(H,63,75)(H,64,79)(H,65,76)(H,66,83)(H,67,77)(H,68,85)(H,69,78)(H,70,82)(H,71,81)(H,72,80)/t31-,32+,35+,36+,37-,38+,39+,40+,41-,42?,44+,45+/m1/s1. The Morgan fingerprint density at radius 3 is 1.56 bits per heavy atom. The van der Waals surface area contributed by atoms with Crippen LogP contribution in [0.5, 0.6) is 0 Å². The fraction of sp³-hybridized carbons (Fsp3) is 0.691. The van der Waals surface area contributed by atoms with Crippen molar-refractivity contribution in [2.45, 2.75) is 197 Å². The van der Waals surface area contributed by atoms with Crippen LogP contribution in [0.3, 0.4) is 0 Å². The van der Waals surface area contributed by atoms with Crippen molar-refractivity contribution >= 4 is 76.6 Å². The largest absolute Gasteiger partial charge is 0.391 e. The van der Waals surface area contributed by atoms with Gasteiger partial charge < -0.3 is 97.4 Å². The van der Waals surface area contributed by atoms with Gasteiger partial charge in [-0.1, -0.05) is 70.2 Å². The number of nitrogens with two attached hydrogens (primary N) is 5. The maximum absolute atomic E-state index is 14.5. The summed E-state index contributed by atoms with van der Waals surface area (Å²) in [5.41, 5.74) is 29.8. The van der Waals surface area contributed by atoms with Crippen LogP contribution in [0.15, 0.2) is 24.3 Å². The number of nitrogens with one attached hydrogen (secondary N) is 11. The van der Waals surface area contributed by atoms with Crippen molar-refractivity contribution in [3.8, 4) is 0 Å². The van der Waals surface area contributed by atoms with Crippen LogP contribution in [0.25, 0.3) is 0 Å². The first-order valence-electron chi connectivity index (χ1n) is 29.3. The maximum atomic E-state index is 14.5. The molecule has 1 aliphatic rings. The molecule has 23 N–H and O–H groups in total. The Labute approximate surface area is 502 Å². The van der Waals surface area contributed by atoms with E-state index in [1.54, 1.807) is 38.1 Å². The van der Waals surface area contributed by atoms with E-state index in [-0.39, 0.29) is 90.0 Å². The molecule has 2 rings (SSSR count). The normalized spacial score (nSPS) is 22.5. The molecule has 1 aromatic carbocycles. The van der Waals surface area contributed by atoms with Crippen molar-refractivity contribution in [1.82, 2.24) is 58.5 Å². The summed E-state index contributed by atoms with van der Waals surface area (Å²) >= 11 is 6.15. The van der Waals surface area contributed by atoms with Crippen LogP contribution in [-0.4, -0.2) is 187 Å². The lowest BCUT2D eigenvalue weighted by molar-refractivity contribution is -0.137. The van der Waals surface area contributed by atoms with Gasteiger partial charge >= 0.3 is 0 Å². The molecular formula is C55H95ClN16O13. The van der Waals surface area contributed by atoms with Gasteiger partial charge in [-0.3, -0.25) is 52.7 Å². The average Bonchev–Trinajstić information content (AvgIpc) is 3.66. The highest BCUT2D eigenvalue weighted by atomic mass is 35.5. The van der Waals surface area contributed by atoms with Gasteiger partial charge in [0.25, 0.3) is 0 Å². The molecule has 0 aliphatic carbocycles. The number of halogens is 1. The van der Waals surface area contributed by atoms with Crippen LogP contribution in [0.2, 0.25) is 5.02 Å². The van der Waals surface area contributed by atoms with Crippen LogP contribution in [-0.2, 0) is 59.2 Å². The second-order valence-corrected chi connectivity index (χ2v) is 22.0. The van der Waals surface area contributed by atoms with Gasteiger partial charge in [0.15, 0.2) is 0 Å². The van der Waals surface area contributed by atoms with Gasteiger partial charge in [0.05, 0.1) is 12.2 Å². The molecule has 1 saturated heterocycles. The van der Waals surface area contributed by atoms with E-state index in [4.69, 9.17) is 40.3 Å². The summed E-state index contributed by atoms with van der Waals surface area (Å²) in [6.45, 7) is 6.78. The number of carbonyl (C=O) groups is 11. The van der Waals surface area contributed by atoms with E-state index < -0.39 is 151 Å². The van der Waals surface area contributed by atoms with Crippen LogP contribution < -0.4 is 87.2 Å². The highest BCUT2D eigenvalue weighted by Crippen LogP contribution is 2.14. The zero-order valence-electron chi connectivity index (χ0n) is 49.6. The number of hydrogen-bond acceptors (Lipinski definition) is 18. The molecular weight excluding hydrogens is 1130 g/mol. The molecule has 1 fully saturated rings. The Kier molecular flexibility index (Phi) is 35.0. The Morgan fingerprint density at radius 1 is 0.576 bits per heavy atom. The Bertz CT molecular complexity index is 2330. The van der Waals surface area contributed by atoms with Crippen LogP contribution in [0.4, 0.5) is 0 Å². The van der Waals surface area contributed by atoms with E-state index in [0.29, 0.717) is 17.0 Å². The van der Waals surface area contributed by atoms with Crippen LogP contribution >= 0.6 is 11.6 Å². The van der Waals surface area contributed by atoms with Gasteiger partial charge in [0.1, 0.15) is 60.4 Å². The maximum Gasteiger partial charge on any atom is 0.245 e. The summed E-state index contributed by atoms with van der Waals surface area (Å²) in [5.74, 6) is -10.1. The molecule has 0 saturated carbocycles. The minimum Gasteiger partial charge on any atom is -0.391 e. The zero-order chi connectivity index (χ0) is 63.8. The lowest BCUT2D eigenvalue weighted by atomic mass is 10.00. The third kappa shape index (κ3) is 27.1. The van der Waals surface area contributed by atoms with Gasteiger partial charge in [-0.2, -0.15) is 0 Å². The highest BCUT2D eigenvalue weighted by Gasteiger charge is 2.37. The minimum atomic E-state index is -1.70. The molecule has 12 atom stereocenters. The first-order valence-corrected chi connectivity index (χ1v) is 29.6. The van der Waals surface area contributed by atoms with Gasteiger partial charge in [0, 0.05) is 24.4 Å². The molecule has 0 radical (unpaired) electrons. The van der Waals surface area contributed by atoms with E-state index in [1.807, 2.05) is 0 Å². The summed E-state index contributed by atoms with van der Waals surface area (Å²) in [5, 5.41) is 49.9. The number of benzene rings is 1. The third-order valence-electron chi connectivity index (χ3n) is 13.8. The summed E-state index contributed by atoms with van der Waals surface area (Å²) in [6.07, 6.45) is -0.125.